The number of hydrogen-bond acceptors (Lipinski definition) is 3. The van der Waals surface area contributed by atoms with Crippen molar-refractivity contribution in [2.24, 2.45) is 5.41 Å². The van der Waals surface area contributed by atoms with Gasteiger partial charge in [-0.2, -0.15) is 0 Å². The first-order chi connectivity index (χ1) is 9.52. The van der Waals surface area contributed by atoms with E-state index in [1.165, 1.54) is 29.7 Å². The minimum absolute atomic E-state index is 0.0362. The van der Waals surface area contributed by atoms with Crippen LogP contribution in [0, 0.1) is 5.41 Å². The van der Waals surface area contributed by atoms with E-state index in [4.69, 9.17) is 5.11 Å². The highest BCUT2D eigenvalue weighted by Gasteiger charge is 2.20. The van der Waals surface area contributed by atoms with Crippen molar-refractivity contribution in [2.75, 3.05) is 13.2 Å². The maximum absolute atomic E-state index is 12.2. The first-order valence-electron chi connectivity index (χ1n) is 7.52. The fraction of sp³-hybridized carbons (Fsp3) is 0.688. The van der Waals surface area contributed by atoms with Crippen molar-refractivity contribution in [3.63, 3.8) is 0 Å². The van der Waals surface area contributed by atoms with E-state index in [0.29, 0.717) is 13.0 Å². The number of aliphatic hydroxyl groups excluding tert-OH is 1. The normalized spacial score (nSPS) is 15.6. The summed E-state index contributed by atoms with van der Waals surface area (Å²) in [6.07, 6.45) is 6.75. The van der Waals surface area contributed by atoms with E-state index in [9.17, 15) is 4.79 Å². The van der Waals surface area contributed by atoms with Crippen molar-refractivity contribution in [3.05, 3.63) is 21.4 Å². The summed E-state index contributed by atoms with van der Waals surface area (Å²) in [6, 6.07) is 2.08. The Kier molecular flexibility index (Phi) is 5.22. The molecule has 2 rings (SSSR count). The molecule has 1 amide bonds. The van der Waals surface area contributed by atoms with Crippen LogP contribution < -0.4 is 5.32 Å². The maximum atomic E-state index is 12.2. The Balaban J connectivity index is 1.96. The zero-order valence-corrected chi connectivity index (χ0v) is 13.3. The molecular formula is C16H25NO2S. The van der Waals surface area contributed by atoms with E-state index in [0.717, 1.165) is 17.7 Å². The average Bonchev–Trinajstić information content (AvgIpc) is 2.68. The number of carbonyl (C=O) groups is 1. The van der Waals surface area contributed by atoms with Gasteiger partial charge in [0.15, 0.2) is 0 Å². The number of fused-ring (bicyclic) bond motifs is 1. The quantitative estimate of drug-likeness (QED) is 0.820. The van der Waals surface area contributed by atoms with Crippen LogP contribution in [0.4, 0.5) is 0 Å². The SMILES string of the molecule is CC(C)(CCO)CNC(=O)c1cc2c(s1)CCCCC2. The largest absolute Gasteiger partial charge is 0.396 e. The molecule has 0 spiro atoms. The van der Waals surface area contributed by atoms with Crippen molar-refractivity contribution < 1.29 is 9.90 Å². The van der Waals surface area contributed by atoms with Gasteiger partial charge >= 0.3 is 0 Å². The van der Waals surface area contributed by atoms with Gasteiger partial charge in [-0.15, -0.1) is 11.3 Å². The molecule has 1 aliphatic rings. The molecule has 3 nitrogen and oxygen atoms in total. The van der Waals surface area contributed by atoms with E-state index >= 15 is 0 Å². The molecule has 0 unspecified atom stereocenters. The molecule has 0 bridgehead atoms. The summed E-state index contributed by atoms with van der Waals surface area (Å²) in [5.41, 5.74) is 1.32. The molecule has 1 aromatic heterocycles. The summed E-state index contributed by atoms with van der Waals surface area (Å²) in [5, 5.41) is 12.0. The fourth-order valence-corrected chi connectivity index (χ4v) is 3.75. The van der Waals surface area contributed by atoms with Crippen LogP contribution >= 0.6 is 11.3 Å². The Morgan fingerprint density at radius 3 is 2.85 bits per heavy atom. The molecule has 0 saturated carbocycles. The first-order valence-corrected chi connectivity index (χ1v) is 8.34. The molecule has 1 aliphatic carbocycles. The van der Waals surface area contributed by atoms with E-state index in [2.05, 4.69) is 25.2 Å². The summed E-state index contributed by atoms with van der Waals surface area (Å²) in [4.78, 5) is 14.5. The highest BCUT2D eigenvalue weighted by Crippen LogP contribution is 2.29. The Labute approximate surface area is 125 Å². The van der Waals surface area contributed by atoms with Crippen LogP contribution in [0.15, 0.2) is 6.07 Å². The van der Waals surface area contributed by atoms with E-state index in [1.807, 2.05) is 0 Å². The first kappa shape index (κ1) is 15.5. The van der Waals surface area contributed by atoms with Crippen molar-refractivity contribution in [1.29, 1.82) is 0 Å². The van der Waals surface area contributed by atoms with Crippen LogP contribution in [0.2, 0.25) is 0 Å². The van der Waals surface area contributed by atoms with Gasteiger partial charge in [-0.3, -0.25) is 4.79 Å². The standard InChI is InChI=1S/C16H25NO2S/c1-16(2,8-9-18)11-17-15(19)14-10-12-6-4-3-5-7-13(12)20-14/h10,18H,3-9,11H2,1-2H3,(H,17,19). The summed E-state index contributed by atoms with van der Waals surface area (Å²) in [7, 11) is 0. The van der Waals surface area contributed by atoms with Gasteiger partial charge in [0.1, 0.15) is 0 Å². The minimum atomic E-state index is -0.0568. The number of aryl methyl sites for hydroxylation is 2. The highest BCUT2D eigenvalue weighted by atomic mass is 32.1. The fourth-order valence-electron chi connectivity index (χ4n) is 2.58. The van der Waals surface area contributed by atoms with Gasteiger partial charge in [-0.05, 0) is 49.1 Å². The molecule has 1 heterocycles. The zero-order valence-electron chi connectivity index (χ0n) is 12.5. The average molecular weight is 295 g/mol. The lowest BCUT2D eigenvalue weighted by molar-refractivity contribution is 0.0932. The van der Waals surface area contributed by atoms with Crippen molar-refractivity contribution in [2.45, 2.75) is 52.4 Å². The van der Waals surface area contributed by atoms with Gasteiger partial charge in [0.05, 0.1) is 4.88 Å². The van der Waals surface area contributed by atoms with Gasteiger partial charge in [-0.1, -0.05) is 20.3 Å². The van der Waals surface area contributed by atoms with Crippen LogP contribution in [0.1, 0.15) is 59.6 Å². The third-order valence-electron chi connectivity index (χ3n) is 3.99. The molecule has 0 radical (unpaired) electrons. The molecule has 0 atom stereocenters. The number of nitrogens with one attached hydrogen (secondary N) is 1. The third kappa shape index (κ3) is 4.06. The van der Waals surface area contributed by atoms with E-state index in [1.54, 1.807) is 11.3 Å². The van der Waals surface area contributed by atoms with Gasteiger partial charge in [-0.25, -0.2) is 0 Å². The van der Waals surface area contributed by atoms with Gasteiger partial charge in [0, 0.05) is 18.0 Å². The van der Waals surface area contributed by atoms with Crippen molar-refractivity contribution in [3.8, 4) is 0 Å². The molecule has 112 valence electrons. The molecular weight excluding hydrogens is 270 g/mol. The lowest BCUT2D eigenvalue weighted by Gasteiger charge is -2.23. The molecule has 20 heavy (non-hydrogen) atoms. The van der Waals surface area contributed by atoms with Crippen molar-refractivity contribution in [1.82, 2.24) is 5.32 Å². The highest BCUT2D eigenvalue weighted by molar-refractivity contribution is 7.14. The lowest BCUT2D eigenvalue weighted by Crippen LogP contribution is -2.34. The Hall–Kier alpha value is -0.870. The predicted octanol–water partition coefficient (Wildman–Crippen LogP) is 3.16. The lowest BCUT2D eigenvalue weighted by atomic mass is 9.90. The summed E-state index contributed by atoms with van der Waals surface area (Å²) in [5.74, 6) is 0.0362. The second-order valence-corrected chi connectivity index (χ2v) is 7.58. The summed E-state index contributed by atoms with van der Waals surface area (Å²) in [6.45, 7) is 4.89. The zero-order chi connectivity index (χ0) is 14.6. The second kappa shape index (κ2) is 6.72. The molecule has 0 aromatic carbocycles. The number of hydrogen-bond donors (Lipinski definition) is 2. The summed E-state index contributed by atoms with van der Waals surface area (Å²) < 4.78 is 0. The third-order valence-corrected chi connectivity index (χ3v) is 5.22. The number of rotatable bonds is 5. The maximum Gasteiger partial charge on any atom is 0.261 e. The van der Waals surface area contributed by atoms with Crippen LogP contribution in [0.3, 0.4) is 0 Å². The Morgan fingerprint density at radius 2 is 2.10 bits per heavy atom. The van der Waals surface area contributed by atoms with Crippen molar-refractivity contribution >= 4 is 17.2 Å². The molecule has 4 heteroatoms. The van der Waals surface area contributed by atoms with Crippen LogP contribution in [-0.4, -0.2) is 24.2 Å². The smallest absolute Gasteiger partial charge is 0.261 e. The topological polar surface area (TPSA) is 49.3 Å². The summed E-state index contributed by atoms with van der Waals surface area (Å²) >= 11 is 1.66. The molecule has 2 N–H and O–H groups in total. The molecule has 0 aliphatic heterocycles. The van der Waals surface area contributed by atoms with Gasteiger partial charge < -0.3 is 10.4 Å². The number of amides is 1. The van der Waals surface area contributed by atoms with E-state index in [-0.39, 0.29) is 17.9 Å². The minimum Gasteiger partial charge on any atom is -0.396 e. The Morgan fingerprint density at radius 1 is 1.35 bits per heavy atom. The van der Waals surface area contributed by atoms with Gasteiger partial charge in [0.25, 0.3) is 5.91 Å². The van der Waals surface area contributed by atoms with Gasteiger partial charge in [0.2, 0.25) is 0 Å². The van der Waals surface area contributed by atoms with Crippen LogP contribution in [0.25, 0.3) is 0 Å². The number of carbonyl (C=O) groups excluding carboxylic acids is 1. The number of aliphatic hydroxyl groups is 1. The predicted molar refractivity (Wildman–Crippen MR) is 83.4 cm³/mol. The van der Waals surface area contributed by atoms with E-state index < -0.39 is 0 Å². The van der Waals surface area contributed by atoms with Crippen LogP contribution in [0.5, 0.6) is 0 Å². The monoisotopic (exact) mass is 295 g/mol. The number of thiophene rings is 1. The Bertz CT molecular complexity index is 442. The molecule has 0 fully saturated rings. The second-order valence-electron chi connectivity index (χ2n) is 6.44. The molecule has 0 saturated heterocycles. The van der Waals surface area contributed by atoms with Crippen LogP contribution in [-0.2, 0) is 12.8 Å². The molecule has 1 aromatic rings.